The molecule has 6 heteroatoms. The van der Waals surface area contributed by atoms with E-state index in [-0.39, 0.29) is 0 Å². The van der Waals surface area contributed by atoms with Gasteiger partial charge >= 0.3 is 5.97 Å². The van der Waals surface area contributed by atoms with Crippen molar-refractivity contribution in [1.29, 1.82) is 0 Å². The van der Waals surface area contributed by atoms with Crippen LogP contribution in [0.4, 0.5) is 0 Å². The molecule has 1 atom stereocenters. The van der Waals surface area contributed by atoms with Gasteiger partial charge in [-0.3, -0.25) is 4.79 Å². The average molecular weight is 182 g/mol. The Balaban J connectivity index is 2.36. The van der Waals surface area contributed by atoms with E-state index in [4.69, 9.17) is 5.11 Å². The number of aromatic nitrogens is 4. The Kier molecular flexibility index (Phi) is 1.96. The fourth-order valence-corrected chi connectivity index (χ4v) is 1.59. The molecule has 1 aromatic heterocycles. The molecule has 0 saturated heterocycles. The van der Waals surface area contributed by atoms with Gasteiger partial charge in [-0.05, 0) is 23.3 Å². The molecule has 1 N–H and O–H groups in total. The summed E-state index contributed by atoms with van der Waals surface area (Å²) in [5.41, 5.74) is 0. The number of carboxylic acids is 1. The van der Waals surface area contributed by atoms with Crippen molar-refractivity contribution in [3.05, 3.63) is 5.82 Å². The normalized spacial score (nSPS) is 22.0. The second-order valence-electron chi connectivity index (χ2n) is 3.15. The maximum atomic E-state index is 10.9. The molecule has 70 valence electrons. The highest BCUT2D eigenvalue weighted by Gasteiger charge is 2.27. The summed E-state index contributed by atoms with van der Waals surface area (Å²) in [6.07, 6.45) is 2.49. The van der Waals surface area contributed by atoms with E-state index in [9.17, 15) is 4.79 Å². The quantitative estimate of drug-likeness (QED) is 0.662. The third-order valence-corrected chi connectivity index (χ3v) is 2.28. The van der Waals surface area contributed by atoms with Gasteiger partial charge in [-0.2, -0.15) is 0 Å². The van der Waals surface area contributed by atoms with Crippen molar-refractivity contribution in [3.63, 3.8) is 0 Å². The highest BCUT2D eigenvalue weighted by molar-refractivity contribution is 5.74. The molecule has 2 heterocycles. The molecular formula is C7H10N4O2. The Morgan fingerprint density at radius 3 is 3.15 bits per heavy atom. The molecule has 0 aromatic carbocycles. The SMILES string of the molecule is O=C(O)C1CCCCn2nnnc21. The van der Waals surface area contributed by atoms with Gasteiger partial charge in [-0.1, -0.05) is 6.42 Å². The Labute approximate surface area is 74.6 Å². The van der Waals surface area contributed by atoms with E-state index in [2.05, 4.69) is 15.5 Å². The molecule has 1 aliphatic rings. The number of tetrazole rings is 1. The molecule has 1 unspecified atom stereocenters. The number of carboxylic acid groups (broad SMARTS) is 1. The lowest BCUT2D eigenvalue weighted by molar-refractivity contribution is -0.139. The van der Waals surface area contributed by atoms with E-state index in [1.807, 2.05) is 0 Å². The number of aliphatic carboxylic acids is 1. The minimum Gasteiger partial charge on any atom is -0.481 e. The molecule has 0 spiro atoms. The molecule has 0 saturated carbocycles. The first-order valence-corrected chi connectivity index (χ1v) is 4.28. The summed E-state index contributed by atoms with van der Waals surface area (Å²) >= 11 is 0. The molecule has 1 aromatic rings. The van der Waals surface area contributed by atoms with E-state index in [1.165, 1.54) is 0 Å². The lowest BCUT2D eigenvalue weighted by Gasteiger charge is -2.05. The fourth-order valence-electron chi connectivity index (χ4n) is 1.59. The van der Waals surface area contributed by atoms with Gasteiger partial charge < -0.3 is 5.11 Å². The van der Waals surface area contributed by atoms with Crippen LogP contribution in [0.5, 0.6) is 0 Å². The second-order valence-corrected chi connectivity index (χ2v) is 3.15. The monoisotopic (exact) mass is 182 g/mol. The highest BCUT2D eigenvalue weighted by atomic mass is 16.4. The Bertz CT molecular complexity index is 322. The number of aryl methyl sites for hydroxylation is 1. The van der Waals surface area contributed by atoms with Gasteiger partial charge in [0, 0.05) is 6.54 Å². The maximum absolute atomic E-state index is 10.9. The largest absolute Gasteiger partial charge is 0.481 e. The summed E-state index contributed by atoms with van der Waals surface area (Å²) in [6.45, 7) is 0.728. The first-order valence-electron chi connectivity index (χ1n) is 4.28. The van der Waals surface area contributed by atoms with Crippen molar-refractivity contribution in [1.82, 2.24) is 20.2 Å². The molecule has 1 aliphatic heterocycles. The highest BCUT2D eigenvalue weighted by Crippen LogP contribution is 2.23. The van der Waals surface area contributed by atoms with Gasteiger partial charge in [0.05, 0.1) is 0 Å². The number of hydrogen-bond acceptors (Lipinski definition) is 4. The van der Waals surface area contributed by atoms with Crippen LogP contribution in [0.25, 0.3) is 0 Å². The van der Waals surface area contributed by atoms with Gasteiger partial charge in [-0.15, -0.1) is 5.10 Å². The Morgan fingerprint density at radius 2 is 2.38 bits per heavy atom. The number of rotatable bonds is 1. The van der Waals surface area contributed by atoms with Gasteiger partial charge in [0.2, 0.25) is 0 Å². The summed E-state index contributed by atoms with van der Waals surface area (Å²) in [7, 11) is 0. The zero-order chi connectivity index (χ0) is 9.26. The molecular weight excluding hydrogens is 172 g/mol. The lowest BCUT2D eigenvalue weighted by Crippen LogP contribution is -2.15. The number of fused-ring (bicyclic) bond motifs is 1. The van der Waals surface area contributed by atoms with Crippen molar-refractivity contribution in [3.8, 4) is 0 Å². The summed E-state index contributed by atoms with van der Waals surface area (Å²) in [5.74, 6) is -0.875. The second kappa shape index (κ2) is 3.12. The van der Waals surface area contributed by atoms with Crippen molar-refractivity contribution in [2.24, 2.45) is 0 Å². The summed E-state index contributed by atoms with van der Waals surface area (Å²) in [6, 6.07) is 0. The molecule has 6 nitrogen and oxygen atoms in total. The van der Waals surface area contributed by atoms with Crippen LogP contribution in [-0.2, 0) is 11.3 Å². The molecule has 2 rings (SSSR count). The number of hydrogen-bond donors (Lipinski definition) is 1. The first kappa shape index (κ1) is 8.15. The van der Waals surface area contributed by atoms with Crippen LogP contribution in [0.3, 0.4) is 0 Å². The van der Waals surface area contributed by atoms with Gasteiger partial charge in [0.25, 0.3) is 0 Å². The van der Waals surface area contributed by atoms with Gasteiger partial charge in [0.1, 0.15) is 5.92 Å². The third-order valence-electron chi connectivity index (χ3n) is 2.28. The maximum Gasteiger partial charge on any atom is 0.314 e. The van der Waals surface area contributed by atoms with Crippen LogP contribution in [0.2, 0.25) is 0 Å². The average Bonchev–Trinajstić information content (AvgIpc) is 2.44. The molecule has 0 bridgehead atoms. The van der Waals surface area contributed by atoms with Gasteiger partial charge in [0.15, 0.2) is 5.82 Å². The zero-order valence-corrected chi connectivity index (χ0v) is 7.05. The summed E-state index contributed by atoms with van der Waals surface area (Å²) < 4.78 is 1.59. The molecule has 0 fully saturated rings. The van der Waals surface area contributed by atoms with E-state index in [0.717, 1.165) is 19.4 Å². The minimum atomic E-state index is -0.835. The topological polar surface area (TPSA) is 80.9 Å². The van der Waals surface area contributed by atoms with Crippen molar-refractivity contribution < 1.29 is 9.90 Å². The van der Waals surface area contributed by atoms with Crippen LogP contribution in [0, 0.1) is 0 Å². The molecule has 0 amide bonds. The van der Waals surface area contributed by atoms with E-state index in [1.54, 1.807) is 4.68 Å². The number of nitrogens with zero attached hydrogens (tertiary/aromatic N) is 4. The van der Waals surface area contributed by atoms with Crippen LogP contribution in [0.1, 0.15) is 31.0 Å². The Morgan fingerprint density at radius 1 is 1.54 bits per heavy atom. The van der Waals surface area contributed by atoms with Crippen LogP contribution in [0.15, 0.2) is 0 Å². The summed E-state index contributed by atoms with van der Waals surface area (Å²) in [5, 5.41) is 19.9. The third kappa shape index (κ3) is 1.39. The van der Waals surface area contributed by atoms with Crippen molar-refractivity contribution >= 4 is 5.97 Å². The smallest absolute Gasteiger partial charge is 0.314 e. The van der Waals surface area contributed by atoms with Crippen LogP contribution in [-0.4, -0.2) is 31.3 Å². The van der Waals surface area contributed by atoms with E-state index < -0.39 is 11.9 Å². The standard InChI is InChI=1S/C7H10N4O2/c12-7(13)5-3-1-2-4-11-6(5)8-9-10-11/h5H,1-4H2,(H,12,13). The van der Waals surface area contributed by atoms with Crippen molar-refractivity contribution in [2.45, 2.75) is 31.7 Å². The number of carbonyl (C=O) groups is 1. The first-order chi connectivity index (χ1) is 6.29. The van der Waals surface area contributed by atoms with Gasteiger partial charge in [-0.25, -0.2) is 4.68 Å². The molecule has 13 heavy (non-hydrogen) atoms. The minimum absolute atomic E-state index is 0.491. The van der Waals surface area contributed by atoms with E-state index >= 15 is 0 Å². The predicted molar refractivity (Wildman–Crippen MR) is 42.0 cm³/mol. The van der Waals surface area contributed by atoms with Crippen molar-refractivity contribution in [2.75, 3.05) is 0 Å². The van der Waals surface area contributed by atoms with E-state index in [0.29, 0.717) is 12.2 Å². The summed E-state index contributed by atoms with van der Waals surface area (Å²) in [4.78, 5) is 10.9. The Hall–Kier alpha value is -1.46. The van der Waals surface area contributed by atoms with Crippen LogP contribution >= 0.6 is 0 Å². The molecule has 0 aliphatic carbocycles. The molecule has 0 radical (unpaired) electrons. The lowest BCUT2D eigenvalue weighted by atomic mass is 10.0. The predicted octanol–water partition coefficient (Wildman–Crippen LogP) is 0.0252. The van der Waals surface area contributed by atoms with Crippen LogP contribution < -0.4 is 0 Å². The fraction of sp³-hybridized carbons (Fsp3) is 0.714. The zero-order valence-electron chi connectivity index (χ0n) is 7.05.